The topological polar surface area (TPSA) is 9.23 Å². The molecule has 0 amide bonds. The van der Waals surface area contributed by atoms with Crippen molar-refractivity contribution in [2.24, 2.45) is 0 Å². The van der Waals surface area contributed by atoms with Crippen LogP contribution >= 0.6 is 0 Å². The van der Waals surface area contributed by atoms with Gasteiger partial charge in [0.25, 0.3) is 0 Å². The van der Waals surface area contributed by atoms with Crippen LogP contribution in [-0.4, -0.2) is 14.9 Å². The molecule has 0 aliphatic heterocycles. The van der Waals surface area contributed by atoms with Crippen molar-refractivity contribution in [2.45, 2.75) is 77.9 Å². The Kier molecular flexibility index (Phi) is 6.12. The summed E-state index contributed by atoms with van der Waals surface area (Å²) in [5, 5.41) is 0.354. The van der Waals surface area contributed by atoms with Crippen molar-refractivity contribution in [3.05, 3.63) is 0 Å². The second-order valence-electron chi connectivity index (χ2n) is 5.62. The lowest BCUT2D eigenvalue weighted by atomic mass is 10.2. The predicted octanol–water partition coefficient (Wildman–Crippen LogP) is 4.98. The minimum Gasteiger partial charge on any atom is -0.416 e. The molecular weight excluding hydrogens is 200 g/mol. The molecule has 0 aromatic heterocycles. The molecule has 0 aliphatic rings. The molecule has 0 rings (SSSR count). The van der Waals surface area contributed by atoms with Crippen LogP contribution in [0.15, 0.2) is 0 Å². The van der Waals surface area contributed by atoms with Crippen LogP contribution in [0.2, 0.25) is 16.6 Å². The number of rotatable bonds is 6. The molecule has 15 heavy (non-hydrogen) atoms. The Bertz CT molecular complexity index is 174. The number of hydrogen-bond donors (Lipinski definition) is 0. The van der Waals surface area contributed by atoms with Gasteiger partial charge in [0.15, 0.2) is 0 Å². The second-order valence-corrected chi connectivity index (χ2v) is 10.9. The zero-order chi connectivity index (χ0) is 12.1. The van der Waals surface area contributed by atoms with Crippen LogP contribution in [0.4, 0.5) is 0 Å². The van der Waals surface area contributed by atoms with Crippen LogP contribution in [0.3, 0.4) is 0 Å². The molecule has 2 atom stereocenters. The van der Waals surface area contributed by atoms with E-state index in [0.29, 0.717) is 5.04 Å². The maximum atomic E-state index is 6.30. The predicted molar refractivity (Wildman–Crippen MR) is 71.9 cm³/mol. The van der Waals surface area contributed by atoms with Crippen LogP contribution in [0, 0.1) is 0 Å². The molecule has 0 aromatic rings. The van der Waals surface area contributed by atoms with Crippen molar-refractivity contribution >= 4 is 8.32 Å². The molecule has 0 aliphatic carbocycles. The van der Waals surface area contributed by atoms with E-state index < -0.39 is 8.32 Å². The third-order valence-corrected chi connectivity index (χ3v) is 9.99. The number of hydrogen-bond acceptors (Lipinski definition) is 1. The molecule has 0 radical (unpaired) electrons. The van der Waals surface area contributed by atoms with Crippen LogP contribution in [0.1, 0.15) is 61.3 Å². The highest BCUT2D eigenvalue weighted by molar-refractivity contribution is 6.77. The van der Waals surface area contributed by atoms with Crippen LogP contribution < -0.4 is 0 Å². The largest absolute Gasteiger partial charge is 0.416 e. The van der Waals surface area contributed by atoms with Gasteiger partial charge in [0.1, 0.15) is 0 Å². The third kappa shape index (κ3) is 3.32. The average molecular weight is 230 g/mol. The van der Waals surface area contributed by atoms with Crippen LogP contribution in [0.25, 0.3) is 0 Å². The fourth-order valence-corrected chi connectivity index (χ4v) is 8.43. The lowest BCUT2D eigenvalue weighted by molar-refractivity contribution is 0.285. The molecule has 0 saturated heterocycles. The third-order valence-electron chi connectivity index (χ3n) is 3.71. The summed E-state index contributed by atoms with van der Waals surface area (Å²) in [5.74, 6) is 0. The summed E-state index contributed by atoms with van der Waals surface area (Å²) in [7, 11) is -1.60. The summed E-state index contributed by atoms with van der Waals surface area (Å²) in [6.45, 7) is 17.1. The summed E-state index contributed by atoms with van der Waals surface area (Å²) in [6.07, 6.45) is 2.59. The molecule has 2 heteroatoms. The van der Waals surface area contributed by atoms with E-state index in [2.05, 4.69) is 48.5 Å². The first-order valence-electron chi connectivity index (χ1n) is 6.49. The zero-order valence-electron chi connectivity index (χ0n) is 11.8. The van der Waals surface area contributed by atoms with Gasteiger partial charge >= 0.3 is 0 Å². The second kappa shape index (κ2) is 6.05. The normalized spacial score (nSPS) is 18.6. The van der Waals surface area contributed by atoms with Gasteiger partial charge in [-0.25, -0.2) is 0 Å². The Morgan fingerprint density at radius 1 is 1.13 bits per heavy atom. The molecule has 92 valence electrons. The molecule has 0 saturated carbocycles. The van der Waals surface area contributed by atoms with E-state index in [1.807, 2.05) is 0 Å². The first kappa shape index (κ1) is 15.2. The molecular formula is C13H30OSi. The van der Waals surface area contributed by atoms with E-state index in [1.54, 1.807) is 0 Å². The van der Waals surface area contributed by atoms with Gasteiger partial charge in [-0.15, -0.1) is 0 Å². The highest BCUT2D eigenvalue weighted by Gasteiger charge is 2.48. The van der Waals surface area contributed by atoms with E-state index in [9.17, 15) is 0 Å². The highest BCUT2D eigenvalue weighted by atomic mass is 28.4. The van der Waals surface area contributed by atoms with Crippen molar-refractivity contribution in [1.82, 2.24) is 0 Å². The molecule has 1 nitrogen and oxygen atoms in total. The van der Waals surface area contributed by atoms with E-state index in [-0.39, 0.29) is 0 Å². The monoisotopic (exact) mass is 230 g/mol. The van der Waals surface area contributed by atoms with Gasteiger partial charge in [0.05, 0.1) is 0 Å². The van der Waals surface area contributed by atoms with Crippen LogP contribution in [-0.2, 0) is 4.43 Å². The van der Waals surface area contributed by atoms with Crippen molar-refractivity contribution in [3.8, 4) is 0 Å². The quantitative estimate of drug-likeness (QED) is 0.585. The molecule has 0 fully saturated rings. The molecule has 0 aromatic carbocycles. The summed E-state index contributed by atoms with van der Waals surface area (Å²) in [6, 6.07) is 1.24. The van der Waals surface area contributed by atoms with Crippen molar-refractivity contribution in [3.63, 3.8) is 0 Å². The van der Waals surface area contributed by atoms with Crippen molar-refractivity contribution in [1.29, 1.82) is 0 Å². The van der Waals surface area contributed by atoms with Gasteiger partial charge in [-0.05, 0) is 23.5 Å². The molecule has 0 heterocycles. The first-order chi connectivity index (χ1) is 6.85. The minimum absolute atomic E-state index is 0.354. The Morgan fingerprint density at radius 3 is 1.93 bits per heavy atom. The van der Waals surface area contributed by atoms with E-state index >= 15 is 0 Å². The lowest BCUT2D eigenvalue weighted by Crippen LogP contribution is -2.50. The summed E-state index contributed by atoms with van der Waals surface area (Å²) < 4.78 is 6.30. The van der Waals surface area contributed by atoms with E-state index in [4.69, 9.17) is 4.43 Å². The maximum absolute atomic E-state index is 6.30. The molecule has 0 spiro atoms. The van der Waals surface area contributed by atoms with Gasteiger partial charge < -0.3 is 4.43 Å². The Balaban J connectivity index is 4.96. The Morgan fingerprint density at radius 2 is 1.67 bits per heavy atom. The zero-order valence-corrected chi connectivity index (χ0v) is 12.8. The van der Waals surface area contributed by atoms with E-state index in [0.717, 1.165) is 12.1 Å². The summed E-state index contributed by atoms with van der Waals surface area (Å²) >= 11 is 0. The van der Waals surface area contributed by atoms with Crippen LogP contribution in [0.5, 0.6) is 0 Å². The van der Waals surface area contributed by atoms with Crippen molar-refractivity contribution in [2.75, 3.05) is 6.61 Å². The van der Waals surface area contributed by atoms with E-state index in [1.165, 1.54) is 18.9 Å². The summed E-state index contributed by atoms with van der Waals surface area (Å²) in [5.41, 5.74) is 0.771. The minimum atomic E-state index is -1.60. The Hall–Kier alpha value is 0.177. The molecule has 0 bridgehead atoms. The van der Waals surface area contributed by atoms with Gasteiger partial charge in [-0.3, -0.25) is 0 Å². The smallest absolute Gasteiger partial charge is 0.200 e. The standard InChI is InChI=1S/C13H30OSi/c1-8-11-12(4)15(10-3,14-9-2)13(5,6)7/h12H,8-11H2,1-7H3. The maximum Gasteiger partial charge on any atom is 0.200 e. The average Bonchev–Trinajstić information content (AvgIpc) is 2.12. The summed E-state index contributed by atoms with van der Waals surface area (Å²) in [4.78, 5) is 0. The SMILES string of the molecule is CCCC(C)[Si](CC)(OCC)C(C)(C)C. The fraction of sp³-hybridized carbons (Fsp3) is 1.00. The van der Waals surface area contributed by atoms with Gasteiger partial charge in [-0.1, -0.05) is 54.4 Å². The fourth-order valence-electron chi connectivity index (χ4n) is 3.00. The van der Waals surface area contributed by atoms with Gasteiger partial charge in [0, 0.05) is 6.61 Å². The highest BCUT2D eigenvalue weighted by Crippen LogP contribution is 2.48. The van der Waals surface area contributed by atoms with Gasteiger partial charge in [0.2, 0.25) is 8.32 Å². The molecule has 0 N–H and O–H groups in total. The lowest BCUT2D eigenvalue weighted by Gasteiger charge is -2.46. The van der Waals surface area contributed by atoms with Crippen molar-refractivity contribution < 1.29 is 4.43 Å². The first-order valence-corrected chi connectivity index (χ1v) is 8.68. The van der Waals surface area contributed by atoms with Gasteiger partial charge in [-0.2, -0.15) is 0 Å². The molecule has 2 unspecified atom stereocenters. The Labute approximate surface area is 97.7 Å².